The van der Waals surface area contributed by atoms with Gasteiger partial charge in [0.15, 0.2) is 6.17 Å². The second kappa shape index (κ2) is 9.02. The lowest BCUT2D eigenvalue weighted by atomic mass is 9.88. The summed E-state index contributed by atoms with van der Waals surface area (Å²) >= 11 is 0. The summed E-state index contributed by atoms with van der Waals surface area (Å²) in [6.45, 7) is -0.556. The van der Waals surface area contributed by atoms with Crippen molar-refractivity contribution in [2.45, 2.75) is 56.3 Å². The summed E-state index contributed by atoms with van der Waals surface area (Å²) in [5.41, 5.74) is 4.19. The first kappa shape index (κ1) is 21.2. The van der Waals surface area contributed by atoms with E-state index in [1.807, 2.05) is 42.5 Å². The smallest absolute Gasteiger partial charge is 0.157 e. The number of halogens is 1. The van der Waals surface area contributed by atoms with Crippen LogP contribution in [0.3, 0.4) is 0 Å². The van der Waals surface area contributed by atoms with Crippen LogP contribution in [0.2, 0.25) is 0 Å². The number of methoxy groups -OCH3 is 1. The number of ether oxygens (including phenoxy) is 2. The SMILES string of the molecule is COc1ccc(Cc2cc(C3OC(CO)C(F)C(O)C3O)ccc2CC2CC2)cc1. The molecule has 2 fully saturated rings. The Labute approximate surface area is 176 Å². The molecule has 1 heterocycles. The maximum Gasteiger partial charge on any atom is 0.157 e. The fraction of sp³-hybridized carbons (Fsp3) is 0.500. The molecule has 1 aliphatic carbocycles. The van der Waals surface area contributed by atoms with E-state index >= 15 is 0 Å². The highest BCUT2D eigenvalue weighted by Crippen LogP contribution is 2.37. The molecule has 6 heteroatoms. The molecule has 30 heavy (non-hydrogen) atoms. The molecule has 0 bridgehead atoms. The van der Waals surface area contributed by atoms with Crippen LogP contribution >= 0.6 is 0 Å². The van der Waals surface area contributed by atoms with E-state index in [1.165, 1.54) is 18.4 Å². The Morgan fingerprint density at radius 2 is 1.77 bits per heavy atom. The number of aliphatic hydroxyl groups excluding tert-OH is 3. The number of aliphatic hydroxyl groups is 3. The summed E-state index contributed by atoms with van der Waals surface area (Å²) in [6, 6.07) is 13.8. The molecule has 162 valence electrons. The summed E-state index contributed by atoms with van der Waals surface area (Å²) in [4.78, 5) is 0. The van der Waals surface area contributed by atoms with E-state index in [0.717, 1.165) is 29.2 Å². The van der Waals surface area contributed by atoms with E-state index in [0.29, 0.717) is 12.0 Å². The Hall–Kier alpha value is -1.99. The first-order valence-electron chi connectivity index (χ1n) is 10.5. The van der Waals surface area contributed by atoms with E-state index < -0.39 is 37.2 Å². The van der Waals surface area contributed by atoms with Crippen molar-refractivity contribution in [1.82, 2.24) is 0 Å². The normalized spacial score (nSPS) is 29.0. The van der Waals surface area contributed by atoms with Crippen LogP contribution in [0.5, 0.6) is 5.75 Å². The Balaban J connectivity index is 1.63. The molecule has 5 unspecified atom stereocenters. The van der Waals surface area contributed by atoms with Gasteiger partial charge in [0.1, 0.15) is 30.2 Å². The third kappa shape index (κ3) is 4.52. The van der Waals surface area contributed by atoms with Gasteiger partial charge in [-0.2, -0.15) is 0 Å². The topological polar surface area (TPSA) is 79.2 Å². The van der Waals surface area contributed by atoms with Crippen LogP contribution in [0.25, 0.3) is 0 Å². The van der Waals surface area contributed by atoms with Gasteiger partial charge in [-0.3, -0.25) is 0 Å². The Morgan fingerprint density at radius 3 is 2.40 bits per heavy atom. The molecule has 0 spiro atoms. The van der Waals surface area contributed by atoms with Crippen molar-refractivity contribution in [3.8, 4) is 5.75 Å². The fourth-order valence-electron chi connectivity index (χ4n) is 4.13. The molecule has 3 N–H and O–H groups in total. The maximum absolute atomic E-state index is 14.1. The zero-order valence-electron chi connectivity index (χ0n) is 17.1. The quantitative estimate of drug-likeness (QED) is 0.647. The average Bonchev–Trinajstić information content (AvgIpc) is 3.58. The van der Waals surface area contributed by atoms with Crippen LogP contribution in [-0.4, -0.2) is 53.5 Å². The van der Waals surface area contributed by atoms with Crippen molar-refractivity contribution < 1.29 is 29.2 Å². The zero-order chi connectivity index (χ0) is 21.3. The van der Waals surface area contributed by atoms with Crippen LogP contribution in [-0.2, 0) is 17.6 Å². The highest BCUT2D eigenvalue weighted by Gasteiger charge is 2.45. The second-order valence-electron chi connectivity index (χ2n) is 8.40. The summed E-state index contributed by atoms with van der Waals surface area (Å²) in [5, 5.41) is 29.9. The van der Waals surface area contributed by atoms with Crippen LogP contribution < -0.4 is 4.74 Å². The molecule has 0 radical (unpaired) electrons. The molecule has 1 aliphatic heterocycles. The Morgan fingerprint density at radius 1 is 1.03 bits per heavy atom. The number of rotatable bonds is 7. The van der Waals surface area contributed by atoms with Crippen molar-refractivity contribution in [3.63, 3.8) is 0 Å². The fourth-order valence-corrected chi connectivity index (χ4v) is 4.13. The minimum atomic E-state index is -1.82. The molecule has 0 aromatic heterocycles. The summed E-state index contributed by atoms with van der Waals surface area (Å²) in [5.74, 6) is 1.52. The summed E-state index contributed by atoms with van der Waals surface area (Å²) in [6.07, 6.45) is -2.67. The first-order valence-corrected chi connectivity index (χ1v) is 10.5. The van der Waals surface area contributed by atoms with E-state index in [2.05, 4.69) is 0 Å². The molecule has 2 aromatic carbocycles. The van der Waals surface area contributed by atoms with Gasteiger partial charge in [-0.15, -0.1) is 0 Å². The van der Waals surface area contributed by atoms with E-state index in [9.17, 15) is 19.7 Å². The highest BCUT2D eigenvalue weighted by molar-refractivity contribution is 5.39. The molecule has 2 aliphatic rings. The standard InChI is InChI=1S/C24H29FO5/c1-29-19-8-4-15(5-9-19)11-18-12-17(7-6-16(18)10-14-2-3-14)24-23(28)22(27)21(25)20(13-26)30-24/h4-9,12,14,20-24,26-28H,2-3,10-11,13H2,1H3. The molecule has 5 atom stereocenters. The lowest BCUT2D eigenvalue weighted by Gasteiger charge is -2.39. The van der Waals surface area contributed by atoms with Gasteiger partial charge in [0, 0.05) is 0 Å². The molecule has 0 amide bonds. The lowest BCUT2D eigenvalue weighted by Crippen LogP contribution is -2.53. The average molecular weight is 416 g/mol. The number of alkyl halides is 1. The summed E-state index contributed by atoms with van der Waals surface area (Å²) < 4.78 is 25.0. The predicted octanol–water partition coefficient (Wildman–Crippen LogP) is 2.73. The third-order valence-electron chi connectivity index (χ3n) is 6.16. The van der Waals surface area contributed by atoms with Crippen LogP contribution in [0.1, 0.15) is 41.2 Å². The van der Waals surface area contributed by atoms with Crippen molar-refractivity contribution >= 4 is 0 Å². The van der Waals surface area contributed by atoms with Gasteiger partial charge < -0.3 is 24.8 Å². The molecule has 1 saturated carbocycles. The molecule has 2 aromatic rings. The van der Waals surface area contributed by atoms with Gasteiger partial charge in [-0.1, -0.05) is 30.3 Å². The molecule has 5 nitrogen and oxygen atoms in total. The van der Waals surface area contributed by atoms with Crippen LogP contribution in [0, 0.1) is 5.92 Å². The minimum absolute atomic E-state index is 0.556. The predicted molar refractivity (Wildman–Crippen MR) is 110 cm³/mol. The first-order chi connectivity index (χ1) is 14.5. The molecule has 1 saturated heterocycles. The van der Waals surface area contributed by atoms with E-state index in [4.69, 9.17) is 9.47 Å². The van der Waals surface area contributed by atoms with Gasteiger partial charge in [0.2, 0.25) is 0 Å². The number of hydrogen-bond acceptors (Lipinski definition) is 5. The van der Waals surface area contributed by atoms with Crippen molar-refractivity contribution in [3.05, 3.63) is 64.7 Å². The van der Waals surface area contributed by atoms with Gasteiger partial charge >= 0.3 is 0 Å². The number of benzene rings is 2. The van der Waals surface area contributed by atoms with Crippen LogP contribution in [0.15, 0.2) is 42.5 Å². The molecular weight excluding hydrogens is 387 g/mol. The third-order valence-corrected chi connectivity index (χ3v) is 6.16. The molecule has 4 rings (SSSR count). The van der Waals surface area contributed by atoms with Crippen molar-refractivity contribution in [1.29, 1.82) is 0 Å². The maximum atomic E-state index is 14.1. The lowest BCUT2D eigenvalue weighted by molar-refractivity contribution is -0.214. The zero-order valence-corrected chi connectivity index (χ0v) is 17.1. The second-order valence-corrected chi connectivity index (χ2v) is 8.40. The van der Waals surface area contributed by atoms with Crippen molar-refractivity contribution in [2.75, 3.05) is 13.7 Å². The minimum Gasteiger partial charge on any atom is -0.497 e. The number of hydrogen-bond donors (Lipinski definition) is 3. The van der Waals surface area contributed by atoms with E-state index in [-0.39, 0.29) is 0 Å². The van der Waals surface area contributed by atoms with Gasteiger partial charge in [-0.05, 0) is 66.0 Å². The Bertz CT molecular complexity index is 849. The van der Waals surface area contributed by atoms with Gasteiger partial charge in [0.05, 0.1) is 13.7 Å². The summed E-state index contributed by atoms with van der Waals surface area (Å²) in [7, 11) is 1.64. The molecular formula is C24H29FO5. The van der Waals surface area contributed by atoms with Crippen LogP contribution in [0.4, 0.5) is 4.39 Å². The van der Waals surface area contributed by atoms with Crippen molar-refractivity contribution in [2.24, 2.45) is 5.92 Å². The highest BCUT2D eigenvalue weighted by atomic mass is 19.1. The van der Waals surface area contributed by atoms with Gasteiger partial charge in [0.25, 0.3) is 0 Å². The van der Waals surface area contributed by atoms with Gasteiger partial charge in [-0.25, -0.2) is 4.39 Å². The Kier molecular flexibility index (Phi) is 6.39. The largest absolute Gasteiger partial charge is 0.497 e. The van der Waals surface area contributed by atoms with E-state index in [1.54, 1.807) is 7.11 Å². The monoisotopic (exact) mass is 416 g/mol.